The van der Waals surface area contributed by atoms with Crippen molar-refractivity contribution in [2.45, 2.75) is 64.3 Å². The van der Waals surface area contributed by atoms with E-state index in [1.54, 1.807) is 0 Å². The van der Waals surface area contributed by atoms with Gasteiger partial charge >= 0.3 is 0 Å². The molecule has 0 spiro atoms. The van der Waals surface area contributed by atoms with Crippen LogP contribution in [-0.2, 0) is 13.0 Å². The molecule has 0 aliphatic rings. The second-order valence-electron chi connectivity index (χ2n) is 7.25. The van der Waals surface area contributed by atoms with Crippen molar-refractivity contribution in [3.63, 3.8) is 0 Å². The lowest BCUT2D eigenvalue weighted by molar-refractivity contribution is 0.463. The first-order chi connectivity index (χ1) is 13.8. The smallest absolute Gasteiger partial charge is 0.120 e. The van der Waals surface area contributed by atoms with Gasteiger partial charge in [-0.3, -0.25) is 0 Å². The Labute approximate surface area is 172 Å². The summed E-state index contributed by atoms with van der Waals surface area (Å²) in [7, 11) is 1.94. The van der Waals surface area contributed by atoms with E-state index in [2.05, 4.69) is 53.6 Å². The summed E-state index contributed by atoms with van der Waals surface area (Å²) >= 11 is 0. The molecule has 28 heavy (non-hydrogen) atoms. The maximum Gasteiger partial charge on any atom is 0.120 e. The average Bonchev–Trinajstić information content (AvgIpc) is 2.70. The molecule has 0 saturated heterocycles. The highest BCUT2D eigenvalue weighted by Crippen LogP contribution is 2.20. The fraction of sp³-hybridized carbons (Fsp3) is 0.520. The molecule has 0 fully saturated rings. The number of hydrogen-bond donors (Lipinski definition) is 3. The van der Waals surface area contributed by atoms with Crippen LogP contribution < -0.4 is 10.6 Å². The monoisotopic (exact) mass is 384 g/mol. The number of nitrogens with one attached hydrogen (secondary N) is 2. The van der Waals surface area contributed by atoms with Crippen molar-refractivity contribution >= 4 is 0 Å². The third kappa shape index (κ3) is 12.5. The van der Waals surface area contributed by atoms with Crippen molar-refractivity contribution in [2.75, 3.05) is 20.1 Å². The quantitative estimate of drug-likeness (QED) is 0.240. The molecule has 0 aliphatic heterocycles. The van der Waals surface area contributed by atoms with Crippen LogP contribution in [0.1, 0.15) is 62.5 Å². The summed E-state index contributed by atoms with van der Waals surface area (Å²) in [4.78, 5) is 0. The third-order valence-electron chi connectivity index (χ3n) is 4.76. The molecule has 0 heterocycles. The topological polar surface area (TPSA) is 44.3 Å². The number of aromatic hydroxyl groups is 1. The summed E-state index contributed by atoms with van der Waals surface area (Å²) in [6, 6.07) is 6.14. The van der Waals surface area contributed by atoms with Gasteiger partial charge in [0.2, 0.25) is 0 Å². The van der Waals surface area contributed by atoms with Gasteiger partial charge < -0.3 is 15.7 Å². The molecule has 3 N–H and O–H groups in total. The number of benzene rings is 1. The SMILES string of the molecule is C=CC/C=C\C/C=C\CCCCCCCc1ccc(CNCCNC)c(O)c1. The number of hydrogen-bond acceptors (Lipinski definition) is 3. The molecule has 0 bridgehead atoms. The Morgan fingerprint density at radius 2 is 1.68 bits per heavy atom. The van der Waals surface area contributed by atoms with Gasteiger partial charge in [-0.15, -0.1) is 6.58 Å². The highest BCUT2D eigenvalue weighted by atomic mass is 16.3. The van der Waals surface area contributed by atoms with E-state index < -0.39 is 0 Å². The second-order valence-corrected chi connectivity index (χ2v) is 7.25. The Bertz CT molecular complexity index is 578. The minimum Gasteiger partial charge on any atom is -0.508 e. The van der Waals surface area contributed by atoms with Crippen molar-refractivity contribution in [1.29, 1.82) is 0 Å². The van der Waals surface area contributed by atoms with Gasteiger partial charge in [0.25, 0.3) is 0 Å². The lowest BCUT2D eigenvalue weighted by Gasteiger charge is -2.09. The molecular formula is C25H40N2O. The van der Waals surface area contributed by atoms with Crippen molar-refractivity contribution in [1.82, 2.24) is 10.6 Å². The fourth-order valence-corrected chi connectivity index (χ4v) is 3.05. The van der Waals surface area contributed by atoms with Crippen LogP contribution in [0.2, 0.25) is 0 Å². The van der Waals surface area contributed by atoms with Gasteiger partial charge in [-0.25, -0.2) is 0 Å². The molecule has 1 rings (SSSR count). The molecule has 1 aromatic carbocycles. The molecule has 3 heteroatoms. The number of phenols is 1. The zero-order valence-corrected chi connectivity index (χ0v) is 17.8. The summed E-state index contributed by atoms with van der Waals surface area (Å²) in [6.45, 7) is 6.26. The minimum atomic E-state index is 0.417. The first-order valence-corrected chi connectivity index (χ1v) is 10.8. The van der Waals surface area contributed by atoms with Gasteiger partial charge in [0, 0.05) is 25.2 Å². The molecule has 3 nitrogen and oxygen atoms in total. The zero-order valence-electron chi connectivity index (χ0n) is 17.8. The lowest BCUT2D eigenvalue weighted by Crippen LogP contribution is -2.24. The second kappa shape index (κ2) is 17.3. The van der Waals surface area contributed by atoms with Gasteiger partial charge in [-0.05, 0) is 57.2 Å². The molecule has 0 aromatic heterocycles. The number of unbranched alkanes of at least 4 members (excludes halogenated alkanes) is 5. The summed E-state index contributed by atoms with van der Waals surface area (Å²) in [5.74, 6) is 0.417. The highest BCUT2D eigenvalue weighted by molar-refractivity contribution is 5.36. The van der Waals surface area contributed by atoms with Crippen molar-refractivity contribution < 1.29 is 5.11 Å². The van der Waals surface area contributed by atoms with Crippen molar-refractivity contribution in [2.24, 2.45) is 0 Å². The summed E-state index contributed by atoms with van der Waals surface area (Å²) in [5.41, 5.74) is 2.22. The van der Waals surface area contributed by atoms with Gasteiger partial charge in [-0.2, -0.15) is 0 Å². The molecule has 0 aliphatic carbocycles. The van der Waals surface area contributed by atoms with Crippen LogP contribution in [0.3, 0.4) is 0 Å². The van der Waals surface area contributed by atoms with E-state index in [9.17, 15) is 5.11 Å². The Morgan fingerprint density at radius 1 is 0.929 bits per heavy atom. The number of allylic oxidation sites excluding steroid dienone is 5. The normalized spacial score (nSPS) is 11.6. The maximum absolute atomic E-state index is 10.2. The standard InChI is InChI=1S/C25H40N2O/c1-3-4-5-6-7-8-9-10-11-12-13-14-15-16-23-17-18-24(25(28)21-23)22-27-20-19-26-2/h3,5-6,8-9,17-18,21,26-28H,1,4,7,10-16,19-20,22H2,2H3/b6-5-,9-8-. The zero-order chi connectivity index (χ0) is 20.3. The predicted molar refractivity (Wildman–Crippen MR) is 123 cm³/mol. The molecule has 0 amide bonds. The van der Waals surface area contributed by atoms with E-state index in [0.29, 0.717) is 12.3 Å². The van der Waals surface area contributed by atoms with Crippen molar-refractivity contribution in [3.05, 3.63) is 66.3 Å². The Hall–Kier alpha value is -1.84. The maximum atomic E-state index is 10.2. The molecule has 0 atom stereocenters. The minimum absolute atomic E-state index is 0.417. The number of aryl methyl sites for hydroxylation is 1. The number of rotatable bonds is 17. The van der Waals surface area contributed by atoms with Crippen LogP contribution in [0, 0.1) is 0 Å². The van der Waals surface area contributed by atoms with Crippen LogP contribution in [-0.4, -0.2) is 25.2 Å². The molecule has 1 aromatic rings. The number of phenolic OH excluding ortho intramolecular Hbond substituents is 1. The molecule has 0 saturated carbocycles. The molecular weight excluding hydrogens is 344 g/mol. The largest absolute Gasteiger partial charge is 0.508 e. The van der Waals surface area contributed by atoms with E-state index in [1.807, 2.05) is 19.2 Å². The van der Waals surface area contributed by atoms with Gasteiger partial charge in [-0.1, -0.05) is 61.8 Å². The van der Waals surface area contributed by atoms with Crippen molar-refractivity contribution in [3.8, 4) is 5.75 Å². The van der Waals surface area contributed by atoms with Crippen LogP contribution in [0.25, 0.3) is 0 Å². The molecule has 0 unspecified atom stereocenters. The summed E-state index contributed by atoms with van der Waals surface area (Å²) in [6.07, 6.45) is 21.4. The van der Waals surface area contributed by atoms with Crippen LogP contribution >= 0.6 is 0 Å². The highest BCUT2D eigenvalue weighted by Gasteiger charge is 2.03. The fourth-order valence-electron chi connectivity index (χ4n) is 3.05. The lowest BCUT2D eigenvalue weighted by atomic mass is 10.0. The first-order valence-electron chi connectivity index (χ1n) is 10.8. The molecule has 0 radical (unpaired) electrons. The first kappa shape index (κ1) is 24.2. The number of likely N-dealkylation sites (N-methyl/N-ethyl adjacent to an activating group) is 1. The van der Waals surface area contributed by atoms with Crippen LogP contribution in [0.4, 0.5) is 0 Å². The van der Waals surface area contributed by atoms with E-state index >= 15 is 0 Å². The van der Waals surface area contributed by atoms with Crippen LogP contribution in [0.5, 0.6) is 5.75 Å². The van der Waals surface area contributed by atoms with E-state index in [1.165, 1.54) is 44.1 Å². The Morgan fingerprint density at radius 3 is 2.46 bits per heavy atom. The van der Waals surface area contributed by atoms with E-state index in [4.69, 9.17) is 0 Å². The summed E-state index contributed by atoms with van der Waals surface area (Å²) < 4.78 is 0. The van der Waals surface area contributed by atoms with Crippen LogP contribution in [0.15, 0.2) is 55.2 Å². The van der Waals surface area contributed by atoms with Gasteiger partial charge in [0.15, 0.2) is 0 Å². The predicted octanol–water partition coefficient (Wildman–Crippen LogP) is 5.66. The Kier molecular flexibility index (Phi) is 14.9. The third-order valence-corrected chi connectivity index (χ3v) is 4.76. The Balaban J connectivity index is 2.06. The van der Waals surface area contributed by atoms with Gasteiger partial charge in [0.1, 0.15) is 5.75 Å². The summed E-state index contributed by atoms with van der Waals surface area (Å²) in [5, 5.41) is 16.6. The van der Waals surface area contributed by atoms with E-state index in [0.717, 1.165) is 37.9 Å². The average molecular weight is 385 g/mol. The van der Waals surface area contributed by atoms with Gasteiger partial charge in [0.05, 0.1) is 0 Å². The van der Waals surface area contributed by atoms with E-state index in [-0.39, 0.29) is 0 Å². The molecule has 156 valence electrons.